The van der Waals surface area contributed by atoms with Crippen LogP contribution in [-0.4, -0.2) is 203 Å². The van der Waals surface area contributed by atoms with Gasteiger partial charge in [0.15, 0.2) is 22.7 Å². The molecule has 8 aromatic rings. The number of methoxy groups -OCH3 is 2. The minimum Gasteiger partial charge on any atom is -0.409 e. The molecule has 6 aromatic heterocycles. The Morgan fingerprint density at radius 2 is 0.894 bits per heavy atom. The maximum Gasteiger partial charge on any atom is 0.171 e. The Hall–Kier alpha value is -7.07. The molecule has 0 unspecified atom stereocenters. The molecule has 2 aliphatic rings. The molecule has 568 valence electrons. The second kappa shape index (κ2) is 38.5. The lowest BCUT2D eigenvalue weighted by molar-refractivity contribution is -0.0494. The minimum atomic E-state index is -1.28. The number of hydrogen-bond acceptors (Lipinski definition) is 21. The van der Waals surface area contributed by atoms with Gasteiger partial charge in [0.05, 0.1) is 68.7 Å². The lowest BCUT2D eigenvalue weighted by atomic mass is 9.76. The molecule has 0 atom stereocenters. The average molecular weight is 1500 g/mol. The summed E-state index contributed by atoms with van der Waals surface area (Å²) in [5, 5.41) is 48.8. The molecule has 0 bridgehead atoms. The van der Waals surface area contributed by atoms with Crippen LogP contribution in [0.4, 0.5) is 11.6 Å². The predicted octanol–water partition coefficient (Wildman–Crippen LogP) is 13.7. The van der Waals surface area contributed by atoms with Crippen LogP contribution in [0.15, 0.2) is 115 Å². The van der Waals surface area contributed by atoms with E-state index < -0.39 is 43.5 Å². The molecular weight excluding hydrogens is 1390 g/mol. The fourth-order valence-corrected chi connectivity index (χ4v) is 15.4. The summed E-state index contributed by atoms with van der Waals surface area (Å²) in [6.07, 6.45) is 17.0. The minimum absolute atomic E-state index is 0.0942. The smallest absolute Gasteiger partial charge is 0.171 e. The maximum absolute atomic E-state index is 10.1. The van der Waals surface area contributed by atoms with E-state index in [1.807, 2.05) is 116 Å². The van der Waals surface area contributed by atoms with E-state index in [1.165, 1.54) is 0 Å². The number of para-hydroxylation sites is 2. The van der Waals surface area contributed by atoms with Crippen LogP contribution >= 0.6 is 0 Å². The number of ether oxygens (including phenoxy) is 8. The van der Waals surface area contributed by atoms with Crippen LogP contribution in [0.2, 0.25) is 103 Å². The first-order valence-electron chi connectivity index (χ1n) is 36.4. The van der Waals surface area contributed by atoms with Gasteiger partial charge in [-0.05, 0) is 99.8 Å². The summed E-state index contributed by atoms with van der Waals surface area (Å²) in [5.74, 6) is 5.58. The molecular formula is C74H116N16O10Si4. The number of oxime groups is 1. The molecule has 10 rings (SSSR count). The Morgan fingerprint density at radius 1 is 0.529 bits per heavy atom. The number of hydrogen-bond donors (Lipinski definition) is 4. The molecule has 2 aliphatic carbocycles. The highest BCUT2D eigenvalue weighted by atomic mass is 28.3. The maximum atomic E-state index is 10.1. The first-order valence-corrected chi connectivity index (χ1v) is 51.3. The summed E-state index contributed by atoms with van der Waals surface area (Å²) < 4.78 is 55.6. The third-order valence-electron chi connectivity index (χ3n) is 18.9. The van der Waals surface area contributed by atoms with E-state index in [4.69, 9.17) is 69.0 Å². The van der Waals surface area contributed by atoms with Gasteiger partial charge < -0.3 is 63.8 Å². The number of nitriles is 1. The fraction of sp³-hybridized carbons (Fsp3) is 0.568. The number of benzene rings is 2. The highest BCUT2D eigenvalue weighted by molar-refractivity contribution is 6.77. The fourth-order valence-electron chi connectivity index (χ4n) is 12.4. The Labute approximate surface area is 618 Å². The Bertz CT molecular complexity index is 3910. The monoisotopic (exact) mass is 1500 g/mol. The van der Waals surface area contributed by atoms with Crippen LogP contribution in [0.1, 0.15) is 74.6 Å². The second-order valence-electron chi connectivity index (χ2n) is 32.0. The summed E-state index contributed by atoms with van der Waals surface area (Å²) in [5.41, 5.74) is 13.6. The molecule has 0 aliphatic heterocycles. The van der Waals surface area contributed by atoms with Crippen molar-refractivity contribution >= 4 is 61.1 Å². The van der Waals surface area contributed by atoms with Gasteiger partial charge in [0.25, 0.3) is 0 Å². The second-order valence-corrected chi connectivity index (χ2v) is 54.5. The van der Waals surface area contributed by atoms with Crippen LogP contribution in [0.3, 0.4) is 0 Å². The van der Waals surface area contributed by atoms with Crippen LogP contribution in [-0.2, 0) is 37.9 Å². The summed E-state index contributed by atoms with van der Waals surface area (Å²) in [4.78, 5) is 14.9. The van der Waals surface area contributed by atoms with Crippen molar-refractivity contribution < 1.29 is 48.3 Å². The molecule has 0 radical (unpaired) electrons. The van der Waals surface area contributed by atoms with E-state index in [-0.39, 0.29) is 17.7 Å². The van der Waals surface area contributed by atoms with Crippen molar-refractivity contribution in [2.75, 3.05) is 104 Å². The van der Waals surface area contributed by atoms with Gasteiger partial charge in [-0.25, -0.2) is 25.2 Å². The molecule has 104 heavy (non-hydrogen) atoms. The zero-order valence-electron chi connectivity index (χ0n) is 64.1. The van der Waals surface area contributed by atoms with Gasteiger partial charge >= 0.3 is 0 Å². The molecule has 6 N–H and O–H groups in total. The summed E-state index contributed by atoms with van der Waals surface area (Å²) in [7, 11) is -1.82. The first-order chi connectivity index (χ1) is 49.7. The van der Waals surface area contributed by atoms with Crippen molar-refractivity contribution in [1.82, 2.24) is 48.8 Å². The van der Waals surface area contributed by atoms with Gasteiger partial charge in [-0.3, -0.25) is 0 Å². The van der Waals surface area contributed by atoms with Crippen molar-refractivity contribution in [3.05, 3.63) is 121 Å². The number of aromatic nitrogens is 10. The molecule has 2 fully saturated rings. The Kier molecular flexibility index (Phi) is 30.5. The molecule has 0 saturated heterocycles. The molecule has 0 spiro atoms. The van der Waals surface area contributed by atoms with Crippen LogP contribution < -0.4 is 21.4 Å². The standard InChI is InChI=1S/C37H58N8O5Si2.C37H55N7O4Si2.H3NO/c1-47-17-18-50-37(36(38)42-46)15-13-29(14-16-37)33-23-34(43(27-48-19-21-51(2,3)4)28-49-20-22-52(5,6)7)45-35(41-33)32(25-40-45)30-24-39-44(26-30)31-11-9-8-10-12-31;1-45-17-18-48-37(27-38)15-13-30(14-16-37)34-23-35(42(28-46-19-21-49(2,3)4)29-47-20-22-50(5,6)7)44-36(41-34)33(25-40-44)31-24-39-43(26-31)32-11-9-8-10-12-32;1-2/h8-12,23-26,29,46H,13-22,27-28H2,1-7H3,(H2,38,42);8-12,23-26,30H,13-22,28-29H2,1-7H3;2H,1H2. The largest absolute Gasteiger partial charge is 0.409 e. The number of rotatable bonds is 37. The van der Waals surface area contributed by atoms with Crippen molar-refractivity contribution in [1.29, 1.82) is 5.26 Å². The van der Waals surface area contributed by atoms with Crippen LogP contribution in [0.5, 0.6) is 0 Å². The van der Waals surface area contributed by atoms with E-state index in [2.05, 4.69) is 128 Å². The topological polar surface area (TPSA) is 305 Å². The van der Waals surface area contributed by atoms with Gasteiger partial charge in [0, 0.05) is 143 Å². The van der Waals surface area contributed by atoms with E-state index in [1.54, 1.807) is 14.2 Å². The SMILES string of the molecule is COCCOC1(/C(N)=N/O)CCC(c2cc(N(COCC[Si](C)(C)C)COCC[Si](C)(C)C)n3ncc(-c4cnn(-c5ccccc5)c4)c3n2)CC1.COCCOC1(C#N)CCC(c2cc(N(COCC[Si](C)(C)C)COCC[Si](C)(C)C)n3ncc(-c4cnn(-c5ccccc5)c4)c3n2)CC1.NO. The summed E-state index contributed by atoms with van der Waals surface area (Å²) >= 11 is 0. The van der Waals surface area contributed by atoms with Crippen molar-refractivity contribution in [2.45, 2.75) is 177 Å². The first kappa shape index (κ1) is 82.6. The Morgan fingerprint density at radius 3 is 1.24 bits per heavy atom. The lowest BCUT2D eigenvalue weighted by Gasteiger charge is -2.39. The highest BCUT2D eigenvalue weighted by Crippen LogP contribution is 2.43. The van der Waals surface area contributed by atoms with Gasteiger partial charge in [-0.1, -0.05) is 120 Å². The third kappa shape index (κ3) is 23.7. The predicted molar refractivity (Wildman–Crippen MR) is 420 cm³/mol. The highest BCUT2D eigenvalue weighted by Gasteiger charge is 2.42. The van der Waals surface area contributed by atoms with Gasteiger partial charge in [-0.2, -0.15) is 34.7 Å². The number of nitrogens with two attached hydrogens (primary N) is 2. The zero-order valence-corrected chi connectivity index (χ0v) is 68.1. The number of nitrogens with zero attached hydrogens (tertiary/aromatic N) is 14. The molecule has 6 heterocycles. The average Bonchev–Trinajstić information content (AvgIpc) is 1.55. The quantitative estimate of drug-likeness (QED) is 0.00535. The molecule has 2 aromatic carbocycles. The van der Waals surface area contributed by atoms with Crippen LogP contribution in [0, 0.1) is 11.3 Å². The number of amidine groups is 1. The normalized spacial score (nSPS) is 18.2. The van der Waals surface area contributed by atoms with E-state index in [0.717, 1.165) is 118 Å². The zero-order chi connectivity index (χ0) is 75.1. The van der Waals surface area contributed by atoms with Crippen molar-refractivity contribution in [3.8, 4) is 39.7 Å². The molecule has 2 saturated carbocycles. The molecule has 30 heteroatoms. The van der Waals surface area contributed by atoms with Crippen molar-refractivity contribution in [3.63, 3.8) is 0 Å². The molecule has 26 nitrogen and oxygen atoms in total. The van der Waals surface area contributed by atoms with Gasteiger partial charge in [0.1, 0.15) is 44.2 Å². The van der Waals surface area contributed by atoms with E-state index in [0.29, 0.717) is 105 Å². The lowest BCUT2D eigenvalue weighted by Crippen LogP contribution is -2.49. The number of anilines is 2. The van der Waals surface area contributed by atoms with Crippen molar-refractivity contribution in [2.24, 2.45) is 16.8 Å². The molecule has 0 amide bonds. The Balaban J connectivity index is 0.000000257. The van der Waals surface area contributed by atoms with E-state index >= 15 is 0 Å². The third-order valence-corrected chi connectivity index (χ3v) is 25.7. The van der Waals surface area contributed by atoms with Gasteiger partial charge in [0.2, 0.25) is 0 Å². The van der Waals surface area contributed by atoms with Gasteiger partial charge in [-0.15, -0.1) is 0 Å². The van der Waals surface area contributed by atoms with Crippen LogP contribution in [0.25, 0.3) is 44.9 Å². The summed E-state index contributed by atoms with van der Waals surface area (Å²) in [6, 6.07) is 31.2. The number of fused-ring (bicyclic) bond motifs is 2. The van der Waals surface area contributed by atoms with E-state index in [9.17, 15) is 10.5 Å². The summed E-state index contributed by atoms with van der Waals surface area (Å²) in [6.45, 7) is 34.3.